The highest BCUT2D eigenvalue weighted by atomic mass is 35.5. The van der Waals surface area contributed by atoms with Crippen molar-refractivity contribution in [3.63, 3.8) is 0 Å². The number of hydrogen-bond acceptors (Lipinski definition) is 3. The van der Waals surface area contributed by atoms with Gasteiger partial charge in [-0.25, -0.2) is 0 Å². The van der Waals surface area contributed by atoms with Gasteiger partial charge in [0.15, 0.2) is 0 Å². The summed E-state index contributed by atoms with van der Waals surface area (Å²) in [4.78, 5) is 1.56. The van der Waals surface area contributed by atoms with Crippen molar-refractivity contribution in [2.45, 2.75) is 52.2 Å². The predicted molar refractivity (Wildman–Crippen MR) is 102 cm³/mol. The number of morpholine rings is 1. The molecule has 142 valence electrons. The van der Waals surface area contributed by atoms with Gasteiger partial charge < -0.3 is 19.1 Å². The quantitative estimate of drug-likeness (QED) is 0.749. The van der Waals surface area contributed by atoms with Gasteiger partial charge in [0.1, 0.15) is 44.2 Å². The minimum absolute atomic E-state index is 0.00578. The molecule has 1 fully saturated rings. The van der Waals surface area contributed by atoms with Crippen LogP contribution < -0.4 is 9.64 Å². The molecule has 1 N–H and O–H groups in total. The highest BCUT2D eigenvalue weighted by Gasteiger charge is 2.25. The van der Waals surface area contributed by atoms with Crippen molar-refractivity contribution in [2.24, 2.45) is 0 Å². The van der Waals surface area contributed by atoms with Crippen LogP contribution >= 0.6 is 11.6 Å². The van der Waals surface area contributed by atoms with Crippen molar-refractivity contribution in [3.8, 4) is 5.75 Å². The largest absolute Gasteiger partial charge is 0.491 e. The van der Waals surface area contributed by atoms with Crippen LogP contribution in [0.1, 0.15) is 40.2 Å². The van der Waals surface area contributed by atoms with Crippen LogP contribution in [0.3, 0.4) is 0 Å². The summed E-state index contributed by atoms with van der Waals surface area (Å²) in [6.45, 7) is 15.8. The van der Waals surface area contributed by atoms with Crippen LogP contribution in [0.15, 0.2) is 18.2 Å². The average molecular weight is 371 g/mol. The van der Waals surface area contributed by atoms with Gasteiger partial charge >= 0.3 is 0 Å². The Morgan fingerprint density at radius 2 is 1.80 bits per heavy atom. The fraction of sp³-hybridized carbons (Fsp3) is 0.700. The van der Waals surface area contributed by atoms with E-state index in [0.717, 1.165) is 42.6 Å². The fourth-order valence-corrected chi connectivity index (χ4v) is 3.51. The van der Waals surface area contributed by atoms with Gasteiger partial charge in [-0.05, 0) is 37.5 Å². The topological polar surface area (TPSA) is 32.1 Å². The zero-order chi connectivity index (χ0) is 18.4. The molecule has 1 aromatic rings. The first-order valence-corrected chi connectivity index (χ1v) is 9.63. The molecule has 1 heterocycles. The molecule has 0 spiro atoms. The van der Waals surface area contributed by atoms with Crippen LogP contribution in [0.25, 0.3) is 0 Å². The van der Waals surface area contributed by atoms with Gasteiger partial charge in [-0.3, -0.25) is 0 Å². The van der Waals surface area contributed by atoms with E-state index >= 15 is 0 Å². The third-order valence-corrected chi connectivity index (χ3v) is 4.69. The monoisotopic (exact) mass is 370 g/mol. The first-order chi connectivity index (χ1) is 11.8. The number of quaternary nitrogens is 1. The predicted octanol–water partition coefficient (Wildman–Crippen LogP) is 2.73. The van der Waals surface area contributed by atoms with E-state index in [9.17, 15) is 0 Å². The number of rotatable bonds is 7. The summed E-state index contributed by atoms with van der Waals surface area (Å²) in [5, 5.41) is 0.741. The summed E-state index contributed by atoms with van der Waals surface area (Å²) in [5.41, 5.74) is 1.12. The Labute approximate surface area is 157 Å². The molecule has 5 heteroatoms. The standard InChI is InChI=1S/C20H32ClNO3/c1-15-13-22(14-16(2)25-15)8-9-23-10-11-24-19-7-6-17(21)12-18(19)20(3,4)5/h6-7,12,15-16H,8-11,13-14H2,1-5H3/p+1/t15-,16+. The highest BCUT2D eigenvalue weighted by Crippen LogP contribution is 2.33. The molecule has 1 aliphatic heterocycles. The zero-order valence-corrected chi connectivity index (χ0v) is 17.0. The minimum atomic E-state index is -0.00578. The molecule has 0 bridgehead atoms. The van der Waals surface area contributed by atoms with E-state index in [0.29, 0.717) is 25.4 Å². The van der Waals surface area contributed by atoms with Crippen molar-refractivity contribution in [1.29, 1.82) is 0 Å². The van der Waals surface area contributed by atoms with Crippen LogP contribution in [0.4, 0.5) is 0 Å². The lowest BCUT2D eigenvalue weighted by Crippen LogP contribution is -3.15. The van der Waals surface area contributed by atoms with Crippen molar-refractivity contribution in [2.75, 3.05) is 39.5 Å². The minimum Gasteiger partial charge on any atom is -0.491 e. The number of hydrogen-bond donors (Lipinski definition) is 1. The van der Waals surface area contributed by atoms with Crippen LogP contribution in [0, 0.1) is 0 Å². The van der Waals surface area contributed by atoms with Crippen LogP contribution in [-0.2, 0) is 14.9 Å². The molecule has 1 aromatic carbocycles. The van der Waals surface area contributed by atoms with Gasteiger partial charge in [0.2, 0.25) is 0 Å². The summed E-state index contributed by atoms with van der Waals surface area (Å²) < 4.78 is 17.5. The third-order valence-electron chi connectivity index (χ3n) is 4.45. The van der Waals surface area contributed by atoms with E-state index in [1.165, 1.54) is 0 Å². The maximum Gasteiger partial charge on any atom is 0.123 e. The van der Waals surface area contributed by atoms with E-state index in [2.05, 4.69) is 34.6 Å². The molecular weight excluding hydrogens is 338 g/mol. The second-order valence-electron chi connectivity index (χ2n) is 8.02. The SMILES string of the molecule is C[C@@H]1C[NH+](CCOCCOc2ccc(Cl)cc2C(C)(C)C)C[C@H](C)O1. The molecule has 0 aromatic heterocycles. The molecule has 1 saturated heterocycles. The number of nitrogens with one attached hydrogen (secondary N) is 1. The maximum absolute atomic E-state index is 6.13. The lowest BCUT2D eigenvalue weighted by Gasteiger charge is -2.32. The molecule has 25 heavy (non-hydrogen) atoms. The Morgan fingerprint density at radius 1 is 1.12 bits per heavy atom. The molecule has 4 nitrogen and oxygen atoms in total. The lowest BCUT2D eigenvalue weighted by molar-refractivity contribution is -0.915. The first kappa shape index (κ1) is 20.5. The molecule has 0 saturated carbocycles. The maximum atomic E-state index is 6.13. The molecular formula is C20H33ClNO3+. The van der Waals surface area contributed by atoms with Crippen LogP contribution in [0.2, 0.25) is 5.02 Å². The molecule has 0 amide bonds. The lowest BCUT2D eigenvalue weighted by atomic mass is 9.86. The Balaban J connectivity index is 1.70. The Bertz CT molecular complexity index is 534. The van der Waals surface area contributed by atoms with Gasteiger partial charge in [0.25, 0.3) is 0 Å². The number of benzene rings is 1. The highest BCUT2D eigenvalue weighted by molar-refractivity contribution is 6.30. The number of halogens is 1. The Morgan fingerprint density at radius 3 is 2.44 bits per heavy atom. The van der Waals surface area contributed by atoms with E-state index in [-0.39, 0.29) is 5.41 Å². The van der Waals surface area contributed by atoms with Crippen molar-refractivity contribution < 1.29 is 19.1 Å². The summed E-state index contributed by atoms with van der Waals surface area (Å²) in [6, 6.07) is 5.81. The van der Waals surface area contributed by atoms with Gasteiger partial charge in [0.05, 0.1) is 13.2 Å². The van der Waals surface area contributed by atoms with E-state index in [1.807, 2.05) is 18.2 Å². The third kappa shape index (κ3) is 6.78. The van der Waals surface area contributed by atoms with E-state index < -0.39 is 0 Å². The van der Waals surface area contributed by atoms with Gasteiger partial charge in [-0.15, -0.1) is 0 Å². The summed E-state index contributed by atoms with van der Waals surface area (Å²) in [6.07, 6.45) is 0.672. The molecule has 3 atom stereocenters. The molecule has 1 aliphatic rings. The fourth-order valence-electron chi connectivity index (χ4n) is 3.34. The second kappa shape index (κ2) is 9.22. The normalized spacial score (nSPS) is 24.3. The molecule has 0 aliphatic carbocycles. The Kier molecular flexibility index (Phi) is 7.56. The zero-order valence-electron chi connectivity index (χ0n) is 16.2. The van der Waals surface area contributed by atoms with Gasteiger partial charge in [0, 0.05) is 10.6 Å². The molecule has 1 unspecified atom stereocenters. The van der Waals surface area contributed by atoms with Crippen LogP contribution in [-0.4, -0.2) is 51.7 Å². The summed E-state index contributed by atoms with van der Waals surface area (Å²) in [7, 11) is 0. The van der Waals surface area contributed by atoms with Gasteiger partial charge in [-0.2, -0.15) is 0 Å². The summed E-state index contributed by atoms with van der Waals surface area (Å²) >= 11 is 6.13. The van der Waals surface area contributed by atoms with Crippen molar-refractivity contribution in [1.82, 2.24) is 0 Å². The van der Waals surface area contributed by atoms with Crippen molar-refractivity contribution >= 4 is 11.6 Å². The van der Waals surface area contributed by atoms with Gasteiger partial charge in [-0.1, -0.05) is 32.4 Å². The Hall–Kier alpha value is -0.810. The smallest absolute Gasteiger partial charge is 0.123 e. The summed E-state index contributed by atoms with van der Waals surface area (Å²) in [5.74, 6) is 0.891. The van der Waals surface area contributed by atoms with E-state index in [1.54, 1.807) is 4.90 Å². The molecule has 0 radical (unpaired) electrons. The van der Waals surface area contributed by atoms with E-state index in [4.69, 9.17) is 25.8 Å². The number of ether oxygens (including phenoxy) is 3. The second-order valence-corrected chi connectivity index (χ2v) is 8.45. The van der Waals surface area contributed by atoms with Crippen molar-refractivity contribution in [3.05, 3.63) is 28.8 Å². The molecule has 2 rings (SSSR count). The van der Waals surface area contributed by atoms with Crippen LogP contribution in [0.5, 0.6) is 5.75 Å². The first-order valence-electron chi connectivity index (χ1n) is 9.25. The average Bonchev–Trinajstić information content (AvgIpc) is 2.50.